The van der Waals surface area contributed by atoms with E-state index in [0.717, 1.165) is 12.3 Å². The number of rotatable bonds is 4. The van der Waals surface area contributed by atoms with Crippen LogP contribution in [0.25, 0.3) is 0 Å². The summed E-state index contributed by atoms with van der Waals surface area (Å²) >= 11 is 0. The monoisotopic (exact) mass is 392 g/mol. The van der Waals surface area contributed by atoms with Crippen LogP contribution >= 0.6 is 0 Å². The van der Waals surface area contributed by atoms with E-state index in [2.05, 4.69) is 10.3 Å². The van der Waals surface area contributed by atoms with Crippen molar-refractivity contribution in [2.45, 2.75) is 6.18 Å². The summed E-state index contributed by atoms with van der Waals surface area (Å²) in [6, 6.07) is 10.9. The van der Waals surface area contributed by atoms with E-state index in [1.54, 1.807) is 35.2 Å². The lowest BCUT2D eigenvalue weighted by Crippen LogP contribution is -2.51. The molecular formula is C19H19F3N4O2. The first-order valence-electron chi connectivity index (χ1n) is 8.74. The van der Waals surface area contributed by atoms with Crippen molar-refractivity contribution < 1.29 is 22.8 Å². The minimum atomic E-state index is -4.42. The molecule has 148 valence electrons. The van der Waals surface area contributed by atoms with Gasteiger partial charge in [-0.1, -0.05) is 18.2 Å². The van der Waals surface area contributed by atoms with Gasteiger partial charge < -0.3 is 15.1 Å². The predicted octanol–water partition coefficient (Wildman–Crippen LogP) is 2.18. The van der Waals surface area contributed by atoms with Gasteiger partial charge in [-0.15, -0.1) is 0 Å². The van der Waals surface area contributed by atoms with Crippen molar-refractivity contribution in [1.29, 1.82) is 0 Å². The third kappa shape index (κ3) is 4.79. The molecule has 6 nitrogen and oxygen atoms in total. The van der Waals surface area contributed by atoms with E-state index in [1.807, 2.05) is 4.90 Å². The Morgan fingerprint density at radius 3 is 2.25 bits per heavy atom. The molecule has 1 aliphatic heterocycles. The van der Waals surface area contributed by atoms with Gasteiger partial charge in [0.2, 0.25) is 5.91 Å². The number of carbonyl (C=O) groups is 2. The van der Waals surface area contributed by atoms with Gasteiger partial charge in [0, 0.05) is 37.9 Å². The fourth-order valence-corrected chi connectivity index (χ4v) is 2.89. The second kappa shape index (κ2) is 8.28. The lowest BCUT2D eigenvalue weighted by molar-refractivity contribution is -0.137. The van der Waals surface area contributed by atoms with E-state index < -0.39 is 11.7 Å². The zero-order valence-electron chi connectivity index (χ0n) is 14.9. The Bertz CT molecular complexity index is 817. The Kier molecular flexibility index (Phi) is 5.81. The third-order valence-electron chi connectivity index (χ3n) is 4.47. The van der Waals surface area contributed by atoms with Crippen LogP contribution in [0.1, 0.15) is 15.9 Å². The van der Waals surface area contributed by atoms with E-state index in [4.69, 9.17) is 0 Å². The Hall–Kier alpha value is -3.10. The molecule has 2 amide bonds. The number of nitrogens with zero attached hydrogens (tertiary/aromatic N) is 3. The average Bonchev–Trinajstić information content (AvgIpc) is 2.72. The van der Waals surface area contributed by atoms with Gasteiger partial charge in [-0.25, -0.2) is 4.98 Å². The molecule has 0 radical (unpaired) electrons. The number of alkyl halides is 3. The molecule has 1 saturated heterocycles. The number of nitrogens with one attached hydrogen (secondary N) is 1. The van der Waals surface area contributed by atoms with Crippen LogP contribution < -0.4 is 10.2 Å². The van der Waals surface area contributed by atoms with E-state index in [1.165, 1.54) is 6.07 Å². The number of carbonyl (C=O) groups excluding carboxylic acids is 2. The molecule has 1 fully saturated rings. The van der Waals surface area contributed by atoms with Gasteiger partial charge >= 0.3 is 6.18 Å². The number of amides is 2. The molecular weight excluding hydrogens is 373 g/mol. The van der Waals surface area contributed by atoms with E-state index >= 15 is 0 Å². The molecule has 0 bridgehead atoms. The molecule has 1 aliphatic rings. The van der Waals surface area contributed by atoms with Crippen LogP contribution in [0.4, 0.5) is 19.0 Å². The molecule has 1 aromatic heterocycles. The zero-order chi connectivity index (χ0) is 20.1. The number of aromatic nitrogens is 1. The molecule has 1 N–H and O–H groups in total. The highest BCUT2D eigenvalue weighted by molar-refractivity contribution is 5.96. The first-order valence-corrected chi connectivity index (χ1v) is 8.74. The van der Waals surface area contributed by atoms with Crippen molar-refractivity contribution in [3.05, 3.63) is 59.8 Å². The highest BCUT2D eigenvalue weighted by Gasteiger charge is 2.31. The number of benzene rings is 1. The Morgan fingerprint density at radius 1 is 1.00 bits per heavy atom. The summed E-state index contributed by atoms with van der Waals surface area (Å²) in [5.74, 6) is -0.0803. The first-order chi connectivity index (χ1) is 13.3. The molecule has 0 aliphatic carbocycles. The summed E-state index contributed by atoms with van der Waals surface area (Å²) in [5.41, 5.74) is -0.312. The summed E-state index contributed by atoms with van der Waals surface area (Å²) in [6.45, 7) is 1.62. The molecule has 0 spiro atoms. The van der Waals surface area contributed by atoms with Gasteiger partial charge in [0.1, 0.15) is 5.82 Å². The largest absolute Gasteiger partial charge is 0.417 e. The molecule has 9 heteroatoms. The lowest BCUT2D eigenvalue weighted by atomic mass is 10.2. The van der Waals surface area contributed by atoms with Gasteiger partial charge in [-0.05, 0) is 24.3 Å². The van der Waals surface area contributed by atoms with Gasteiger partial charge in [0.15, 0.2) is 0 Å². The summed E-state index contributed by atoms with van der Waals surface area (Å²) in [7, 11) is 0. The Labute approximate surface area is 160 Å². The van der Waals surface area contributed by atoms with E-state index in [0.29, 0.717) is 37.6 Å². The number of halogens is 3. The number of anilines is 1. The Morgan fingerprint density at radius 2 is 1.68 bits per heavy atom. The van der Waals surface area contributed by atoms with Crippen molar-refractivity contribution in [3.63, 3.8) is 0 Å². The predicted molar refractivity (Wildman–Crippen MR) is 96.8 cm³/mol. The van der Waals surface area contributed by atoms with Gasteiger partial charge in [-0.2, -0.15) is 13.2 Å². The summed E-state index contributed by atoms with van der Waals surface area (Å²) < 4.78 is 37.8. The van der Waals surface area contributed by atoms with Gasteiger partial charge in [0.25, 0.3) is 5.91 Å². The van der Waals surface area contributed by atoms with Crippen LogP contribution in [0, 0.1) is 0 Å². The average molecular weight is 392 g/mol. The van der Waals surface area contributed by atoms with Crippen LogP contribution in [0.15, 0.2) is 48.7 Å². The molecule has 3 rings (SSSR count). The lowest BCUT2D eigenvalue weighted by Gasteiger charge is -2.35. The van der Waals surface area contributed by atoms with Crippen LogP contribution in [0.3, 0.4) is 0 Å². The number of hydrogen-bond acceptors (Lipinski definition) is 4. The second-order valence-corrected chi connectivity index (χ2v) is 6.32. The molecule has 2 aromatic rings. The van der Waals surface area contributed by atoms with Crippen molar-refractivity contribution >= 4 is 17.6 Å². The Balaban J connectivity index is 1.48. The standard InChI is InChI=1S/C19H19F3N4O2/c20-19(21,22)15-6-7-16(23-12-15)25-8-10-26(11-9-25)17(27)13-24-18(28)14-4-2-1-3-5-14/h1-7,12H,8-11,13H2,(H,24,28). The van der Waals surface area contributed by atoms with E-state index in [-0.39, 0.29) is 18.4 Å². The zero-order valence-corrected chi connectivity index (χ0v) is 14.9. The second-order valence-electron chi connectivity index (χ2n) is 6.32. The third-order valence-corrected chi connectivity index (χ3v) is 4.47. The topological polar surface area (TPSA) is 65.5 Å². The van der Waals surface area contributed by atoms with E-state index in [9.17, 15) is 22.8 Å². The maximum absolute atomic E-state index is 12.6. The fourth-order valence-electron chi connectivity index (χ4n) is 2.89. The molecule has 0 atom stereocenters. The van der Waals surface area contributed by atoms with Crippen LogP contribution in [0.5, 0.6) is 0 Å². The quantitative estimate of drug-likeness (QED) is 0.866. The summed E-state index contributed by atoms with van der Waals surface area (Å²) in [4.78, 5) is 31.6. The summed E-state index contributed by atoms with van der Waals surface area (Å²) in [5, 5.41) is 2.60. The SMILES string of the molecule is O=C(NCC(=O)N1CCN(c2ccc(C(F)(F)F)cn2)CC1)c1ccccc1. The van der Waals surface area contributed by atoms with Gasteiger partial charge in [0.05, 0.1) is 12.1 Å². The number of hydrogen-bond donors (Lipinski definition) is 1. The fraction of sp³-hybridized carbons (Fsp3) is 0.316. The normalized spacial score (nSPS) is 14.7. The van der Waals surface area contributed by atoms with Crippen LogP contribution in [-0.2, 0) is 11.0 Å². The molecule has 0 unspecified atom stereocenters. The number of piperazine rings is 1. The van der Waals surface area contributed by atoms with Crippen molar-refractivity contribution in [1.82, 2.24) is 15.2 Å². The maximum Gasteiger partial charge on any atom is 0.417 e. The minimum absolute atomic E-state index is 0.105. The molecule has 1 aromatic carbocycles. The van der Waals surface area contributed by atoms with Crippen LogP contribution in [0.2, 0.25) is 0 Å². The maximum atomic E-state index is 12.6. The molecule has 28 heavy (non-hydrogen) atoms. The van der Waals surface area contributed by atoms with Gasteiger partial charge in [-0.3, -0.25) is 9.59 Å². The van der Waals surface area contributed by atoms with Crippen molar-refractivity contribution in [2.24, 2.45) is 0 Å². The van der Waals surface area contributed by atoms with Crippen LogP contribution in [-0.4, -0.2) is 54.4 Å². The minimum Gasteiger partial charge on any atom is -0.353 e. The molecule has 2 heterocycles. The van der Waals surface area contributed by atoms with Crippen molar-refractivity contribution in [3.8, 4) is 0 Å². The number of pyridine rings is 1. The smallest absolute Gasteiger partial charge is 0.353 e. The summed E-state index contributed by atoms with van der Waals surface area (Å²) in [6.07, 6.45) is -3.60. The van der Waals surface area contributed by atoms with Crippen molar-refractivity contribution in [2.75, 3.05) is 37.6 Å². The molecule has 0 saturated carbocycles. The first kappa shape index (κ1) is 19.7. The highest BCUT2D eigenvalue weighted by atomic mass is 19.4. The highest BCUT2D eigenvalue weighted by Crippen LogP contribution is 2.29.